The first-order valence-electron chi connectivity index (χ1n) is 11.9. The third-order valence-corrected chi connectivity index (χ3v) is 6.81. The second kappa shape index (κ2) is 10.2. The summed E-state index contributed by atoms with van der Waals surface area (Å²) in [5.74, 6) is 1.000. The average Bonchev–Trinajstić information content (AvgIpc) is 2.81. The van der Waals surface area contributed by atoms with E-state index in [4.69, 9.17) is 25.8 Å². The summed E-state index contributed by atoms with van der Waals surface area (Å²) in [7, 11) is 0. The van der Waals surface area contributed by atoms with Crippen molar-refractivity contribution in [3.05, 3.63) is 87.9 Å². The molecule has 2 atom stereocenters. The van der Waals surface area contributed by atoms with Crippen molar-refractivity contribution in [1.29, 1.82) is 0 Å². The summed E-state index contributed by atoms with van der Waals surface area (Å²) in [6, 6.07) is 19.5. The van der Waals surface area contributed by atoms with Crippen LogP contribution in [-0.2, 0) is 16.1 Å². The summed E-state index contributed by atoms with van der Waals surface area (Å²) in [6.45, 7) is 10.5. The third-order valence-electron chi connectivity index (χ3n) is 6.44. The molecular formula is C29H32ClNO4. The van der Waals surface area contributed by atoms with E-state index in [1.807, 2.05) is 62.4 Å². The molecule has 0 aliphatic carbocycles. The molecule has 0 bridgehead atoms. The van der Waals surface area contributed by atoms with Gasteiger partial charge in [-0.2, -0.15) is 0 Å². The van der Waals surface area contributed by atoms with Gasteiger partial charge in [0.05, 0.1) is 12.6 Å². The average molecular weight is 494 g/mol. The molecule has 0 spiro atoms. The molecule has 0 aromatic heterocycles. The second-order valence-corrected chi connectivity index (χ2v) is 9.87. The van der Waals surface area contributed by atoms with Gasteiger partial charge in [-0.05, 0) is 32.0 Å². The smallest absolute Gasteiger partial charge is 0.303 e. The van der Waals surface area contributed by atoms with Crippen LogP contribution in [0.5, 0.6) is 11.5 Å². The lowest BCUT2D eigenvalue weighted by Crippen LogP contribution is -2.40. The molecule has 0 radical (unpaired) electrons. The number of hydrogen-bond donors (Lipinski definition) is 1. The van der Waals surface area contributed by atoms with Crippen molar-refractivity contribution >= 4 is 23.3 Å². The van der Waals surface area contributed by atoms with Crippen molar-refractivity contribution < 1.29 is 19.0 Å². The lowest BCUT2D eigenvalue weighted by atomic mass is 9.70. The molecule has 1 heterocycles. The van der Waals surface area contributed by atoms with E-state index in [0.29, 0.717) is 29.7 Å². The Kier molecular flexibility index (Phi) is 7.27. The number of ether oxygens (including phenoxy) is 3. The molecule has 0 fully saturated rings. The van der Waals surface area contributed by atoms with Crippen LogP contribution in [0.1, 0.15) is 62.1 Å². The molecule has 184 valence electrons. The number of esters is 1. The number of para-hydroxylation sites is 1. The number of nitrogens with one attached hydrogen (secondary N) is 1. The van der Waals surface area contributed by atoms with E-state index in [1.165, 1.54) is 6.92 Å². The summed E-state index contributed by atoms with van der Waals surface area (Å²) in [4.78, 5) is 12.1. The van der Waals surface area contributed by atoms with Crippen LogP contribution in [0.15, 0.2) is 60.7 Å². The van der Waals surface area contributed by atoms with Gasteiger partial charge in [-0.25, -0.2) is 0 Å². The van der Waals surface area contributed by atoms with E-state index < -0.39 is 11.5 Å². The Labute approximate surface area is 212 Å². The molecule has 3 aromatic rings. The van der Waals surface area contributed by atoms with Gasteiger partial charge in [0.1, 0.15) is 12.7 Å². The highest BCUT2D eigenvalue weighted by molar-refractivity contribution is 6.31. The zero-order valence-corrected chi connectivity index (χ0v) is 21.6. The topological polar surface area (TPSA) is 56.8 Å². The van der Waals surface area contributed by atoms with Gasteiger partial charge in [-0.1, -0.05) is 73.5 Å². The van der Waals surface area contributed by atoms with Crippen molar-refractivity contribution in [3.8, 4) is 11.5 Å². The Morgan fingerprint density at radius 1 is 1.03 bits per heavy atom. The fraction of sp³-hybridized carbons (Fsp3) is 0.345. The maximum atomic E-state index is 12.1. The second-order valence-electron chi connectivity index (χ2n) is 9.47. The number of halogens is 1. The number of carbonyl (C=O) groups is 1. The van der Waals surface area contributed by atoms with Crippen LogP contribution in [0.4, 0.5) is 5.69 Å². The Balaban J connectivity index is 1.80. The van der Waals surface area contributed by atoms with Crippen molar-refractivity contribution in [1.82, 2.24) is 0 Å². The lowest BCUT2D eigenvalue weighted by molar-refractivity contribution is -0.154. The highest BCUT2D eigenvalue weighted by atomic mass is 35.5. The van der Waals surface area contributed by atoms with Crippen molar-refractivity contribution in [2.45, 2.75) is 53.4 Å². The predicted octanol–water partition coefficient (Wildman–Crippen LogP) is 7.42. The molecule has 4 rings (SSSR count). The molecule has 1 N–H and O–H groups in total. The predicted molar refractivity (Wildman–Crippen MR) is 139 cm³/mol. The zero-order valence-electron chi connectivity index (χ0n) is 20.9. The Morgan fingerprint density at radius 2 is 1.80 bits per heavy atom. The summed E-state index contributed by atoms with van der Waals surface area (Å²) < 4.78 is 18.3. The third kappa shape index (κ3) is 5.10. The van der Waals surface area contributed by atoms with Gasteiger partial charge in [0.15, 0.2) is 11.5 Å². The van der Waals surface area contributed by atoms with Gasteiger partial charge in [-0.15, -0.1) is 0 Å². The molecule has 0 unspecified atom stereocenters. The molecule has 0 saturated carbocycles. The van der Waals surface area contributed by atoms with Crippen LogP contribution in [0, 0.1) is 12.3 Å². The standard InChI is InChI=1S/C29H32ClNO4/c1-6-33-25-13-9-11-21(26(25)34-17-20-10-7-8-12-23(20)30)27-29(4,5)28(35-19(3)32)22-16-18(2)14-15-24(22)31-27/h7-16,27-28,31H,6,17H2,1-5H3/t27-,28-/m0/s1. The normalized spacial score (nSPS) is 18.2. The molecule has 0 saturated heterocycles. The van der Waals surface area contributed by atoms with Crippen LogP contribution in [0.3, 0.4) is 0 Å². The number of aryl methyl sites for hydroxylation is 1. The molecule has 0 amide bonds. The molecule has 1 aliphatic heterocycles. The van der Waals surface area contributed by atoms with Gasteiger partial charge < -0.3 is 19.5 Å². The molecule has 5 nitrogen and oxygen atoms in total. The van der Waals surface area contributed by atoms with Crippen LogP contribution < -0.4 is 14.8 Å². The maximum Gasteiger partial charge on any atom is 0.303 e. The summed E-state index contributed by atoms with van der Waals surface area (Å²) in [6.07, 6.45) is -0.437. The minimum atomic E-state index is -0.500. The summed E-state index contributed by atoms with van der Waals surface area (Å²) in [5.41, 5.74) is 4.34. The van der Waals surface area contributed by atoms with Gasteiger partial charge in [0.2, 0.25) is 0 Å². The monoisotopic (exact) mass is 493 g/mol. The van der Waals surface area contributed by atoms with Gasteiger partial charge in [0.25, 0.3) is 0 Å². The Bertz CT molecular complexity index is 1220. The lowest BCUT2D eigenvalue weighted by Gasteiger charge is -2.46. The first-order valence-corrected chi connectivity index (χ1v) is 12.3. The van der Waals surface area contributed by atoms with Gasteiger partial charge >= 0.3 is 5.97 Å². The van der Waals surface area contributed by atoms with Crippen molar-refractivity contribution in [3.63, 3.8) is 0 Å². The highest BCUT2D eigenvalue weighted by Crippen LogP contribution is 2.55. The largest absolute Gasteiger partial charge is 0.490 e. The maximum absolute atomic E-state index is 12.1. The number of fused-ring (bicyclic) bond motifs is 1. The van der Waals surface area contributed by atoms with Crippen molar-refractivity contribution in [2.24, 2.45) is 5.41 Å². The van der Waals surface area contributed by atoms with Gasteiger partial charge in [-0.3, -0.25) is 4.79 Å². The Hall–Kier alpha value is -3.18. The van der Waals surface area contributed by atoms with E-state index in [9.17, 15) is 4.79 Å². The molecule has 35 heavy (non-hydrogen) atoms. The first kappa shape index (κ1) is 24.9. The van der Waals surface area contributed by atoms with E-state index in [1.54, 1.807) is 0 Å². The Morgan fingerprint density at radius 3 is 2.51 bits per heavy atom. The van der Waals surface area contributed by atoms with E-state index >= 15 is 0 Å². The van der Waals surface area contributed by atoms with Gasteiger partial charge in [0, 0.05) is 39.7 Å². The SMILES string of the molecule is CCOc1cccc([C@@H]2Nc3ccc(C)cc3[C@H](OC(C)=O)C2(C)C)c1OCc1ccccc1Cl. The minimum Gasteiger partial charge on any atom is -0.490 e. The fourth-order valence-corrected chi connectivity index (χ4v) is 4.92. The van der Waals surface area contributed by atoms with E-state index in [0.717, 1.165) is 27.9 Å². The molecule has 3 aromatic carbocycles. The number of benzene rings is 3. The fourth-order valence-electron chi connectivity index (χ4n) is 4.73. The van der Waals surface area contributed by atoms with Crippen LogP contribution >= 0.6 is 11.6 Å². The summed E-state index contributed by atoms with van der Waals surface area (Å²) >= 11 is 6.39. The highest BCUT2D eigenvalue weighted by Gasteiger charge is 2.47. The zero-order chi connectivity index (χ0) is 25.2. The molecule has 1 aliphatic rings. The van der Waals surface area contributed by atoms with Crippen LogP contribution in [0.2, 0.25) is 5.02 Å². The number of hydrogen-bond acceptors (Lipinski definition) is 5. The van der Waals surface area contributed by atoms with Crippen LogP contribution in [0.25, 0.3) is 0 Å². The number of anilines is 1. The minimum absolute atomic E-state index is 0.219. The molecule has 6 heteroatoms. The van der Waals surface area contributed by atoms with E-state index in [2.05, 4.69) is 31.3 Å². The summed E-state index contributed by atoms with van der Waals surface area (Å²) in [5, 5.41) is 4.35. The van der Waals surface area contributed by atoms with Crippen molar-refractivity contribution in [2.75, 3.05) is 11.9 Å². The number of rotatable bonds is 7. The molecular weight excluding hydrogens is 462 g/mol. The quantitative estimate of drug-likeness (QED) is 0.347. The first-order chi connectivity index (χ1) is 16.7. The van der Waals surface area contributed by atoms with E-state index in [-0.39, 0.29) is 12.0 Å². The van der Waals surface area contributed by atoms with Crippen LogP contribution in [-0.4, -0.2) is 12.6 Å². The number of carbonyl (C=O) groups excluding carboxylic acids is 1.